The fourth-order valence-electron chi connectivity index (χ4n) is 4.00. The third kappa shape index (κ3) is 6.32. The molecule has 1 aliphatic rings. The van der Waals surface area contributed by atoms with Crippen LogP contribution in [0, 0.1) is 5.92 Å². The molecule has 0 bridgehead atoms. The fourth-order valence-corrected chi connectivity index (χ4v) is 4.00. The summed E-state index contributed by atoms with van der Waals surface area (Å²) >= 11 is 0. The summed E-state index contributed by atoms with van der Waals surface area (Å²) < 4.78 is 5.45. The molecule has 3 N–H and O–H groups in total. The van der Waals surface area contributed by atoms with Gasteiger partial charge in [0.15, 0.2) is 5.96 Å². The minimum atomic E-state index is 0.139. The number of amides is 1. The van der Waals surface area contributed by atoms with Crippen molar-refractivity contribution in [2.45, 2.75) is 72.4 Å². The summed E-state index contributed by atoms with van der Waals surface area (Å²) in [6.45, 7) is 8.12. The molecule has 1 amide bonds. The lowest BCUT2D eigenvalue weighted by Gasteiger charge is -2.13. The van der Waals surface area contributed by atoms with Crippen molar-refractivity contribution in [3.05, 3.63) is 46.8 Å². The molecule has 3 rings (SSSR count). The molecule has 0 saturated heterocycles. The number of rotatable bonds is 9. The van der Waals surface area contributed by atoms with E-state index in [1.807, 2.05) is 31.2 Å². The number of guanidine groups is 1. The standard InChI is InChI=1S/C24H35N5O2/c1-4-21-20(22(5-2)31-29-21)16-27-24(25-6-3)26-15-17-10-9-13-19(14-17)28-23(30)18-11-7-8-12-18/h9-10,13-14,18H,4-8,11-12,15-16H2,1-3H3,(H,28,30)(H2,25,26,27). The number of nitrogens with zero attached hydrogens (tertiary/aromatic N) is 2. The summed E-state index contributed by atoms with van der Waals surface area (Å²) in [7, 11) is 0. The van der Waals surface area contributed by atoms with Gasteiger partial charge in [0.05, 0.1) is 12.2 Å². The van der Waals surface area contributed by atoms with Gasteiger partial charge in [-0.05, 0) is 43.9 Å². The van der Waals surface area contributed by atoms with Gasteiger partial charge < -0.3 is 20.5 Å². The van der Waals surface area contributed by atoms with E-state index < -0.39 is 0 Å². The highest BCUT2D eigenvalue weighted by molar-refractivity contribution is 5.92. The Hall–Kier alpha value is -2.83. The second-order valence-electron chi connectivity index (χ2n) is 7.96. The Balaban J connectivity index is 1.62. The molecule has 0 atom stereocenters. The Morgan fingerprint density at radius 3 is 2.68 bits per heavy atom. The van der Waals surface area contributed by atoms with Gasteiger partial charge in [-0.1, -0.05) is 44.0 Å². The maximum Gasteiger partial charge on any atom is 0.227 e. The highest BCUT2D eigenvalue weighted by atomic mass is 16.5. The summed E-state index contributed by atoms with van der Waals surface area (Å²) in [6, 6.07) is 7.94. The smallest absolute Gasteiger partial charge is 0.227 e. The van der Waals surface area contributed by atoms with Crippen molar-refractivity contribution in [1.29, 1.82) is 0 Å². The number of anilines is 1. The fraction of sp³-hybridized carbons (Fsp3) is 0.542. The van der Waals surface area contributed by atoms with Crippen molar-refractivity contribution >= 4 is 17.6 Å². The van der Waals surface area contributed by atoms with Crippen LogP contribution in [0.5, 0.6) is 0 Å². The molecule has 168 valence electrons. The molecule has 1 heterocycles. The van der Waals surface area contributed by atoms with Gasteiger partial charge in [-0.15, -0.1) is 0 Å². The highest BCUT2D eigenvalue weighted by Gasteiger charge is 2.22. The number of carbonyl (C=O) groups excluding carboxylic acids is 1. The van der Waals surface area contributed by atoms with Gasteiger partial charge in [0.1, 0.15) is 5.76 Å². The van der Waals surface area contributed by atoms with Crippen LogP contribution in [0.15, 0.2) is 33.8 Å². The Morgan fingerprint density at radius 1 is 1.16 bits per heavy atom. The number of aryl methyl sites for hydroxylation is 2. The van der Waals surface area contributed by atoms with Crippen LogP contribution < -0.4 is 16.0 Å². The van der Waals surface area contributed by atoms with Crippen LogP contribution in [0.2, 0.25) is 0 Å². The maximum atomic E-state index is 12.4. The largest absolute Gasteiger partial charge is 0.361 e. The number of nitrogens with one attached hydrogen (secondary N) is 3. The predicted molar refractivity (Wildman–Crippen MR) is 124 cm³/mol. The minimum Gasteiger partial charge on any atom is -0.361 e. The number of hydrogen-bond acceptors (Lipinski definition) is 4. The summed E-state index contributed by atoms with van der Waals surface area (Å²) in [4.78, 5) is 17.1. The Bertz CT molecular complexity index is 862. The van der Waals surface area contributed by atoms with E-state index in [0.717, 1.165) is 79.3 Å². The number of carbonyl (C=O) groups is 1. The van der Waals surface area contributed by atoms with Gasteiger partial charge in [0.25, 0.3) is 0 Å². The Morgan fingerprint density at radius 2 is 1.97 bits per heavy atom. The molecule has 0 aliphatic heterocycles. The molecule has 1 saturated carbocycles. The van der Waals surface area contributed by atoms with Crippen LogP contribution in [0.25, 0.3) is 0 Å². The molecule has 7 heteroatoms. The molecule has 0 unspecified atom stereocenters. The van der Waals surface area contributed by atoms with Crippen LogP contribution in [0.3, 0.4) is 0 Å². The second kappa shape index (κ2) is 11.5. The van der Waals surface area contributed by atoms with Crippen molar-refractivity contribution < 1.29 is 9.32 Å². The number of aromatic nitrogens is 1. The Kier molecular flexibility index (Phi) is 8.50. The highest BCUT2D eigenvalue weighted by Crippen LogP contribution is 2.26. The lowest BCUT2D eigenvalue weighted by atomic mass is 10.1. The van der Waals surface area contributed by atoms with Crippen LogP contribution in [0.4, 0.5) is 5.69 Å². The van der Waals surface area contributed by atoms with Gasteiger partial charge in [0.2, 0.25) is 5.91 Å². The molecule has 0 spiro atoms. The summed E-state index contributed by atoms with van der Waals surface area (Å²) in [6.07, 6.45) is 5.96. The van der Waals surface area contributed by atoms with E-state index in [9.17, 15) is 4.79 Å². The van der Waals surface area contributed by atoms with E-state index in [1.165, 1.54) is 0 Å². The van der Waals surface area contributed by atoms with Crippen LogP contribution in [-0.2, 0) is 30.7 Å². The average Bonchev–Trinajstić information content (AvgIpc) is 3.45. The van der Waals surface area contributed by atoms with Crippen LogP contribution in [0.1, 0.15) is 69.0 Å². The zero-order valence-electron chi connectivity index (χ0n) is 19.0. The first-order valence-corrected chi connectivity index (χ1v) is 11.5. The van der Waals surface area contributed by atoms with Crippen LogP contribution in [-0.4, -0.2) is 23.6 Å². The molecule has 31 heavy (non-hydrogen) atoms. The first-order valence-electron chi connectivity index (χ1n) is 11.5. The normalized spacial score (nSPS) is 14.6. The first-order chi connectivity index (χ1) is 15.1. The molecule has 0 radical (unpaired) electrons. The topological polar surface area (TPSA) is 91.5 Å². The van der Waals surface area contributed by atoms with Crippen molar-refractivity contribution in [3.8, 4) is 0 Å². The van der Waals surface area contributed by atoms with Gasteiger partial charge in [-0.25, -0.2) is 4.99 Å². The minimum absolute atomic E-state index is 0.139. The number of hydrogen-bond donors (Lipinski definition) is 3. The monoisotopic (exact) mass is 425 g/mol. The quantitative estimate of drug-likeness (QED) is 0.414. The zero-order chi connectivity index (χ0) is 22.1. The molecule has 1 aliphatic carbocycles. The maximum absolute atomic E-state index is 12.4. The van der Waals surface area contributed by atoms with E-state index in [1.54, 1.807) is 0 Å². The van der Waals surface area contributed by atoms with Crippen LogP contribution >= 0.6 is 0 Å². The first kappa shape index (κ1) is 22.8. The molecular formula is C24H35N5O2. The van der Waals surface area contributed by atoms with Crippen molar-refractivity contribution in [2.75, 3.05) is 11.9 Å². The number of aliphatic imine (C=N–C) groups is 1. The average molecular weight is 426 g/mol. The second-order valence-corrected chi connectivity index (χ2v) is 7.96. The number of benzene rings is 1. The van der Waals surface area contributed by atoms with E-state index in [0.29, 0.717) is 13.1 Å². The third-order valence-corrected chi connectivity index (χ3v) is 5.72. The van der Waals surface area contributed by atoms with Gasteiger partial charge in [-0.2, -0.15) is 0 Å². The third-order valence-electron chi connectivity index (χ3n) is 5.72. The Labute approximate surface area is 185 Å². The molecule has 7 nitrogen and oxygen atoms in total. The van der Waals surface area contributed by atoms with Gasteiger partial charge in [0, 0.05) is 36.7 Å². The molecule has 1 aromatic heterocycles. The van der Waals surface area contributed by atoms with Crippen molar-refractivity contribution in [3.63, 3.8) is 0 Å². The molecule has 1 fully saturated rings. The molecule has 2 aromatic rings. The summed E-state index contributed by atoms with van der Waals surface area (Å²) in [5, 5.41) is 13.9. The van der Waals surface area contributed by atoms with E-state index in [4.69, 9.17) is 9.52 Å². The predicted octanol–water partition coefficient (Wildman–Crippen LogP) is 4.18. The van der Waals surface area contributed by atoms with Crippen molar-refractivity contribution in [2.24, 2.45) is 10.9 Å². The summed E-state index contributed by atoms with van der Waals surface area (Å²) in [5.74, 6) is 1.96. The van der Waals surface area contributed by atoms with E-state index in [2.05, 4.69) is 35.0 Å². The molecule has 1 aromatic carbocycles. The molecular weight excluding hydrogens is 390 g/mol. The van der Waals surface area contributed by atoms with Gasteiger partial charge >= 0.3 is 0 Å². The lowest BCUT2D eigenvalue weighted by Crippen LogP contribution is -2.37. The SMILES string of the molecule is CCNC(=NCc1cccc(NC(=O)C2CCCC2)c1)NCc1c(CC)noc1CC. The van der Waals surface area contributed by atoms with E-state index >= 15 is 0 Å². The van der Waals surface area contributed by atoms with Crippen molar-refractivity contribution in [1.82, 2.24) is 15.8 Å². The zero-order valence-corrected chi connectivity index (χ0v) is 19.0. The van der Waals surface area contributed by atoms with Gasteiger partial charge in [-0.3, -0.25) is 4.79 Å². The lowest BCUT2D eigenvalue weighted by molar-refractivity contribution is -0.119. The van der Waals surface area contributed by atoms with E-state index in [-0.39, 0.29) is 11.8 Å². The summed E-state index contributed by atoms with van der Waals surface area (Å²) in [5.41, 5.74) is 4.00.